The van der Waals surface area contributed by atoms with Gasteiger partial charge in [0.1, 0.15) is 11.4 Å². The second-order valence-electron chi connectivity index (χ2n) is 7.20. The maximum Gasteiger partial charge on any atom is 0.234 e. The number of methoxy groups -OCH3 is 1. The molecule has 3 aliphatic heterocycles. The van der Waals surface area contributed by atoms with Gasteiger partial charge in [0.15, 0.2) is 0 Å². The van der Waals surface area contributed by atoms with Crippen molar-refractivity contribution in [3.63, 3.8) is 0 Å². The lowest BCUT2D eigenvalue weighted by Gasteiger charge is -2.33. The number of carboxylic acids is 1. The van der Waals surface area contributed by atoms with Crippen LogP contribution in [0.15, 0.2) is 48.6 Å². The van der Waals surface area contributed by atoms with E-state index in [0.29, 0.717) is 17.9 Å². The fraction of sp³-hybridized carbons (Fsp3) is 0.400. The number of aliphatic carboxylic acids is 1. The number of anilines is 1. The molecule has 3 aliphatic rings. The van der Waals surface area contributed by atoms with Gasteiger partial charge in [-0.25, -0.2) is 0 Å². The average molecular weight is 354 g/mol. The summed E-state index contributed by atoms with van der Waals surface area (Å²) in [6, 6.07) is 6.79. The summed E-state index contributed by atoms with van der Waals surface area (Å²) in [6.45, 7) is 5.87. The van der Waals surface area contributed by atoms with Crippen molar-refractivity contribution in [3.05, 3.63) is 48.6 Å². The van der Waals surface area contributed by atoms with Crippen molar-refractivity contribution < 1.29 is 24.2 Å². The molecule has 4 rings (SSSR count). The topological polar surface area (TPSA) is 78.9 Å². The molecule has 1 aromatic rings. The molecule has 6 nitrogen and oxygen atoms in total. The zero-order valence-electron chi connectivity index (χ0n) is 14.7. The number of hydrogen-bond donors (Lipinski definition) is 0. The van der Waals surface area contributed by atoms with Crippen molar-refractivity contribution in [1.29, 1.82) is 0 Å². The molecule has 0 saturated carbocycles. The molecule has 5 atom stereocenters. The highest BCUT2D eigenvalue weighted by molar-refractivity contribution is 6.03. The third-order valence-corrected chi connectivity index (χ3v) is 5.59. The van der Waals surface area contributed by atoms with Crippen LogP contribution in [0.2, 0.25) is 0 Å². The summed E-state index contributed by atoms with van der Waals surface area (Å²) in [6.07, 6.45) is 3.51. The van der Waals surface area contributed by atoms with E-state index in [9.17, 15) is 14.7 Å². The summed E-state index contributed by atoms with van der Waals surface area (Å²) >= 11 is 0. The summed E-state index contributed by atoms with van der Waals surface area (Å²) in [7, 11) is 1.57. The first kappa shape index (κ1) is 16.8. The highest BCUT2D eigenvalue weighted by atomic mass is 16.5. The highest BCUT2D eigenvalue weighted by Crippen LogP contribution is 2.56. The summed E-state index contributed by atoms with van der Waals surface area (Å²) in [5.74, 6) is -2.56. The molecule has 1 aromatic carbocycles. The molecule has 0 aromatic heterocycles. The van der Waals surface area contributed by atoms with Crippen LogP contribution in [0.25, 0.3) is 0 Å². The van der Waals surface area contributed by atoms with Gasteiger partial charge in [0.2, 0.25) is 5.91 Å². The zero-order valence-corrected chi connectivity index (χ0v) is 14.7. The molecule has 26 heavy (non-hydrogen) atoms. The Bertz CT molecular complexity index is 814. The fourth-order valence-electron chi connectivity index (χ4n) is 4.55. The number of carbonyl (C=O) groups is 2. The molecule has 6 heteroatoms. The zero-order chi connectivity index (χ0) is 18.6. The Kier molecular flexibility index (Phi) is 3.70. The number of ether oxygens (including phenoxy) is 2. The number of hydrogen-bond acceptors (Lipinski definition) is 5. The van der Waals surface area contributed by atoms with E-state index in [0.717, 1.165) is 5.57 Å². The van der Waals surface area contributed by atoms with E-state index in [-0.39, 0.29) is 11.9 Å². The van der Waals surface area contributed by atoms with Crippen LogP contribution in [0, 0.1) is 11.8 Å². The lowest BCUT2D eigenvalue weighted by atomic mass is 9.74. The molecule has 0 radical (unpaired) electrons. The largest absolute Gasteiger partial charge is 0.550 e. The number of nitrogens with zero attached hydrogens (tertiary/aromatic N) is 1. The summed E-state index contributed by atoms with van der Waals surface area (Å²) in [4.78, 5) is 26.6. The standard InChI is InChI=1S/C20H21NO5/c1-11(2)10-15-20-9-8-14(26-20)16(19(23)24)17(20)18(22)21(15)12-4-6-13(25-3)7-5-12/h4-9,14-17H,1,10H2,2-3H3,(H,23,24)/p-1/t14-,15+,16+,17-,20-/m1/s1. The maximum absolute atomic E-state index is 13.3. The molecule has 2 bridgehead atoms. The van der Waals surface area contributed by atoms with Gasteiger partial charge in [0.05, 0.1) is 25.2 Å². The van der Waals surface area contributed by atoms with E-state index in [2.05, 4.69) is 6.58 Å². The molecule has 0 unspecified atom stereocenters. The van der Waals surface area contributed by atoms with Crippen molar-refractivity contribution in [3.8, 4) is 5.75 Å². The Hall–Kier alpha value is -2.60. The van der Waals surface area contributed by atoms with Crippen molar-refractivity contribution >= 4 is 17.6 Å². The van der Waals surface area contributed by atoms with Gasteiger partial charge < -0.3 is 24.3 Å². The van der Waals surface area contributed by atoms with Crippen molar-refractivity contribution in [2.24, 2.45) is 11.8 Å². The van der Waals surface area contributed by atoms with Crippen LogP contribution in [0.5, 0.6) is 5.75 Å². The third-order valence-electron chi connectivity index (χ3n) is 5.59. The van der Waals surface area contributed by atoms with E-state index in [4.69, 9.17) is 9.47 Å². The second-order valence-corrected chi connectivity index (χ2v) is 7.20. The van der Waals surface area contributed by atoms with Gasteiger partial charge in [-0.05, 0) is 37.6 Å². The van der Waals surface area contributed by atoms with E-state index in [1.807, 2.05) is 13.0 Å². The number of benzene rings is 1. The molecule has 1 spiro atoms. The van der Waals surface area contributed by atoms with E-state index in [1.54, 1.807) is 42.4 Å². The number of amides is 1. The van der Waals surface area contributed by atoms with Gasteiger partial charge in [-0.2, -0.15) is 0 Å². The summed E-state index contributed by atoms with van der Waals surface area (Å²) < 4.78 is 11.3. The van der Waals surface area contributed by atoms with Crippen molar-refractivity contribution in [2.75, 3.05) is 12.0 Å². The van der Waals surface area contributed by atoms with E-state index >= 15 is 0 Å². The molecule has 136 valence electrons. The van der Waals surface area contributed by atoms with Crippen LogP contribution >= 0.6 is 0 Å². The summed E-state index contributed by atoms with van der Waals surface area (Å²) in [5, 5.41) is 11.7. The minimum atomic E-state index is -1.25. The van der Waals surface area contributed by atoms with Crippen molar-refractivity contribution in [2.45, 2.75) is 31.1 Å². The second kappa shape index (κ2) is 5.71. The van der Waals surface area contributed by atoms with E-state index in [1.165, 1.54) is 0 Å². The van der Waals surface area contributed by atoms with Gasteiger partial charge in [-0.15, -0.1) is 6.58 Å². The molecule has 2 saturated heterocycles. The smallest absolute Gasteiger partial charge is 0.234 e. The Balaban J connectivity index is 1.81. The Labute approximate surface area is 151 Å². The van der Waals surface area contributed by atoms with Gasteiger partial charge in [-0.1, -0.05) is 17.7 Å². The monoisotopic (exact) mass is 354 g/mol. The minimum Gasteiger partial charge on any atom is -0.550 e. The number of fused-ring (bicyclic) bond motifs is 1. The Morgan fingerprint density at radius 2 is 2.08 bits per heavy atom. The molecular formula is C20H20NO5-. The predicted octanol–water partition coefficient (Wildman–Crippen LogP) is 1.07. The normalized spacial score (nSPS) is 34.2. The van der Waals surface area contributed by atoms with Gasteiger partial charge in [-0.3, -0.25) is 4.79 Å². The summed E-state index contributed by atoms with van der Waals surface area (Å²) in [5.41, 5.74) is 0.628. The SMILES string of the molecule is C=C(C)C[C@@H]1N(c2ccc(OC)cc2)C(=O)[C@H]2[C@@H](C(=O)[O-])[C@H]3C=C[C@@]12O3. The molecule has 0 aliphatic carbocycles. The molecule has 2 fully saturated rings. The molecule has 0 N–H and O–H groups in total. The maximum atomic E-state index is 13.3. The number of carbonyl (C=O) groups excluding carboxylic acids is 2. The minimum absolute atomic E-state index is 0.248. The lowest BCUT2D eigenvalue weighted by Crippen LogP contribution is -2.46. The van der Waals surface area contributed by atoms with Crippen LogP contribution in [-0.4, -0.2) is 36.7 Å². The molecule has 1 amide bonds. The van der Waals surface area contributed by atoms with Crippen LogP contribution < -0.4 is 14.7 Å². The quantitative estimate of drug-likeness (QED) is 0.739. The van der Waals surface area contributed by atoms with E-state index < -0.39 is 29.5 Å². The Morgan fingerprint density at radius 1 is 1.38 bits per heavy atom. The highest BCUT2D eigenvalue weighted by Gasteiger charge is 2.69. The van der Waals surface area contributed by atoms with Gasteiger partial charge >= 0.3 is 0 Å². The van der Waals surface area contributed by atoms with Gasteiger partial charge in [0, 0.05) is 17.6 Å². The van der Waals surface area contributed by atoms with Crippen LogP contribution in [0.1, 0.15) is 13.3 Å². The third kappa shape index (κ3) is 2.15. The first-order valence-electron chi connectivity index (χ1n) is 8.58. The number of rotatable bonds is 5. The van der Waals surface area contributed by atoms with Crippen LogP contribution in [0.3, 0.4) is 0 Å². The average Bonchev–Trinajstić information content (AvgIpc) is 3.24. The molecule has 3 heterocycles. The first-order chi connectivity index (χ1) is 12.4. The predicted molar refractivity (Wildman–Crippen MR) is 92.4 cm³/mol. The van der Waals surface area contributed by atoms with Crippen LogP contribution in [0.4, 0.5) is 5.69 Å². The molecular weight excluding hydrogens is 334 g/mol. The van der Waals surface area contributed by atoms with Crippen LogP contribution in [-0.2, 0) is 14.3 Å². The fourth-order valence-corrected chi connectivity index (χ4v) is 4.55. The van der Waals surface area contributed by atoms with Crippen molar-refractivity contribution in [1.82, 2.24) is 0 Å². The first-order valence-corrected chi connectivity index (χ1v) is 8.58. The Morgan fingerprint density at radius 3 is 2.65 bits per heavy atom. The lowest BCUT2D eigenvalue weighted by molar-refractivity contribution is -0.313. The number of carboxylic acid groups (broad SMARTS) is 1. The van der Waals surface area contributed by atoms with Gasteiger partial charge in [0.25, 0.3) is 0 Å².